The molecule has 1 atom stereocenters. The van der Waals surface area contributed by atoms with Crippen molar-refractivity contribution >= 4 is 19.3 Å². The Hall–Kier alpha value is -1.86. The highest BCUT2D eigenvalue weighted by atomic mass is 16.2. The number of hydrogen-bond donors (Lipinski definition) is 3. The minimum atomic E-state index is -0.296. The number of nitrogens with two attached hydrogens (primary N) is 1. The van der Waals surface area contributed by atoms with Crippen molar-refractivity contribution in [1.82, 2.24) is 10.2 Å². The van der Waals surface area contributed by atoms with Crippen molar-refractivity contribution in [3.05, 3.63) is 35.4 Å². The first-order valence-corrected chi connectivity index (χ1v) is 7.00. The van der Waals surface area contributed by atoms with Crippen LogP contribution in [0.4, 0.5) is 0 Å². The van der Waals surface area contributed by atoms with Crippen molar-refractivity contribution in [3.8, 4) is 0 Å². The Kier molecular flexibility index (Phi) is 5.35. The molecule has 4 N–H and O–H groups in total. The fraction of sp³-hybridized carbons (Fsp3) is 0.429. The molecule has 1 heterocycles. The van der Waals surface area contributed by atoms with Gasteiger partial charge in [0, 0.05) is 24.6 Å². The lowest BCUT2D eigenvalue weighted by Crippen LogP contribution is -2.44. The third kappa shape index (κ3) is 3.83. The number of likely N-dealkylation sites (tertiary alicyclic amines) is 1. The Balaban J connectivity index is 1.86. The van der Waals surface area contributed by atoms with E-state index in [1.54, 1.807) is 29.2 Å². The zero-order valence-corrected chi connectivity index (χ0v) is 11.8. The number of carbonyl (C=O) groups excluding carboxylic acids is 2. The summed E-state index contributed by atoms with van der Waals surface area (Å²) in [6.45, 7) is 0.970. The van der Waals surface area contributed by atoms with Crippen LogP contribution in [0, 0.1) is 0 Å². The van der Waals surface area contributed by atoms with Crippen LogP contribution >= 0.6 is 0 Å². The van der Waals surface area contributed by atoms with Gasteiger partial charge in [-0.05, 0) is 30.5 Å². The summed E-state index contributed by atoms with van der Waals surface area (Å²) < 4.78 is 0. The van der Waals surface area contributed by atoms with E-state index in [1.165, 1.54) is 0 Å². The maximum Gasteiger partial charge on any atom is 0.312 e. The molecule has 1 aliphatic rings. The third-order valence-electron chi connectivity index (χ3n) is 3.64. The number of benzene rings is 1. The van der Waals surface area contributed by atoms with Gasteiger partial charge in [-0.15, -0.1) is 0 Å². The Labute approximate surface area is 124 Å². The molecule has 0 aliphatic carbocycles. The molecule has 1 radical (unpaired) electrons. The normalized spacial score (nSPS) is 17.6. The summed E-state index contributed by atoms with van der Waals surface area (Å²) in [5, 5.41) is 11.7. The van der Waals surface area contributed by atoms with Gasteiger partial charge in [-0.3, -0.25) is 9.59 Å². The first kappa shape index (κ1) is 15.5. The number of hydrogen-bond acceptors (Lipinski definition) is 4. The molecule has 2 rings (SSSR count). The van der Waals surface area contributed by atoms with Crippen LogP contribution in [0.15, 0.2) is 24.3 Å². The van der Waals surface area contributed by atoms with Crippen LogP contribution in [0.5, 0.6) is 0 Å². The Bertz CT molecular complexity index is 507. The van der Waals surface area contributed by atoms with Gasteiger partial charge in [0.15, 0.2) is 0 Å². The molecule has 1 saturated heterocycles. The van der Waals surface area contributed by atoms with Gasteiger partial charge in [-0.1, -0.05) is 12.1 Å². The van der Waals surface area contributed by atoms with Gasteiger partial charge < -0.3 is 21.0 Å². The van der Waals surface area contributed by atoms with Crippen LogP contribution in [-0.2, 0) is 11.3 Å². The largest absolute Gasteiger partial charge is 0.452 e. The van der Waals surface area contributed by atoms with Crippen molar-refractivity contribution in [2.75, 3.05) is 13.1 Å². The van der Waals surface area contributed by atoms with Gasteiger partial charge in [0.05, 0.1) is 6.54 Å². The van der Waals surface area contributed by atoms with Crippen molar-refractivity contribution in [2.45, 2.75) is 25.3 Å². The molecule has 111 valence electrons. The molecule has 21 heavy (non-hydrogen) atoms. The fourth-order valence-corrected chi connectivity index (χ4v) is 2.41. The van der Waals surface area contributed by atoms with Crippen LogP contribution in [0.2, 0.25) is 0 Å². The minimum absolute atomic E-state index is 0.0676. The van der Waals surface area contributed by atoms with Gasteiger partial charge in [0.1, 0.15) is 0 Å². The number of nitrogens with one attached hydrogen (secondary N) is 1. The molecule has 0 saturated carbocycles. The maximum atomic E-state index is 12.0. The number of amides is 2. The highest BCUT2D eigenvalue weighted by Crippen LogP contribution is 2.15. The molecule has 0 bridgehead atoms. The first-order valence-electron chi connectivity index (χ1n) is 7.00. The zero-order valence-electron chi connectivity index (χ0n) is 11.8. The third-order valence-corrected chi connectivity index (χ3v) is 3.64. The Morgan fingerprint density at radius 2 is 2.10 bits per heavy atom. The molecule has 1 aromatic rings. The summed E-state index contributed by atoms with van der Waals surface area (Å²) in [4.78, 5) is 25.5. The van der Waals surface area contributed by atoms with Gasteiger partial charge >= 0.3 is 7.48 Å². The predicted octanol–water partition coefficient (Wildman–Crippen LogP) is -0.565. The zero-order chi connectivity index (χ0) is 15.2. The van der Waals surface area contributed by atoms with Gasteiger partial charge in [0.25, 0.3) is 5.91 Å². The van der Waals surface area contributed by atoms with Crippen molar-refractivity contribution in [3.63, 3.8) is 0 Å². The summed E-state index contributed by atoms with van der Waals surface area (Å²) in [5.74, 6) is -0.719. The second-order valence-electron chi connectivity index (χ2n) is 5.03. The smallest absolute Gasteiger partial charge is 0.312 e. The second kappa shape index (κ2) is 7.24. The van der Waals surface area contributed by atoms with Crippen LogP contribution in [0.1, 0.15) is 28.8 Å². The Morgan fingerprint density at radius 1 is 1.38 bits per heavy atom. The van der Waals surface area contributed by atoms with E-state index >= 15 is 0 Å². The van der Waals surface area contributed by atoms with Crippen LogP contribution in [0.25, 0.3) is 0 Å². The van der Waals surface area contributed by atoms with Gasteiger partial charge in [0.2, 0.25) is 5.91 Å². The SMILES string of the molecule is NCc1ccc(C(=O)NCC(=O)N2CCC[C@H]2[B]O)cc1. The lowest BCUT2D eigenvalue weighted by Gasteiger charge is -2.22. The molecule has 1 aromatic carbocycles. The highest BCUT2D eigenvalue weighted by molar-refractivity contribution is 6.28. The van der Waals surface area contributed by atoms with Crippen molar-refractivity contribution in [1.29, 1.82) is 0 Å². The summed E-state index contributed by atoms with van der Waals surface area (Å²) in [5.41, 5.74) is 6.93. The van der Waals surface area contributed by atoms with E-state index in [-0.39, 0.29) is 24.3 Å². The number of rotatable bonds is 5. The van der Waals surface area contributed by atoms with E-state index < -0.39 is 0 Å². The quantitative estimate of drug-likeness (QED) is 0.633. The number of carbonyl (C=O) groups is 2. The van der Waals surface area contributed by atoms with E-state index in [0.29, 0.717) is 18.7 Å². The molecule has 0 unspecified atom stereocenters. The molecule has 1 fully saturated rings. The van der Waals surface area contributed by atoms with Crippen molar-refractivity contribution < 1.29 is 14.6 Å². The average molecular weight is 288 g/mol. The standard InChI is InChI=1S/C14H19BN3O3/c16-8-10-3-5-11(6-4-10)14(20)17-9-13(19)18-7-1-2-12(18)15-21/h3-6,12,21H,1-2,7-9,16H2,(H,17,20)/t12-/m0/s1. The summed E-state index contributed by atoms with van der Waals surface area (Å²) in [6, 6.07) is 6.94. The second-order valence-corrected chi connectivity index (χ2v) is 5.03. The summed E-state index contributed by atoms with van der Waals surface area (Å²) in [7, 11) is 1.04. The molecular weight excluding hydrogens is 269 g/mol. The lowest BCUT2D eigenvalue weighted by atomic mass is 9.86. The summed E-state index contributed by atoms with van der Waals surface area (Å²) in [6.07, 6.45) is 1.62. The predicted molar refractivity (Wildman–Crippen MR) is 79.4 cm³/mol. The number of nitrogens with zero attached hydrogens (tertiary/aromatic N) is 1. The monoisotopic (exact) mass is 288 g/mol. The minimum Gasteiger partial charge on any atom is -0.452 e. The molecule has 7 heteroatoms. The molecular formula is C14H19BN3O3. The van der Waals surface area contributed by atoms with Gasteiger partial charge in [-0.25, -0.2) is 0 Å². The molecule has 0 spiro atoms. The van der Waals surface area contributed by atoms with E-state index in [2.05, 4.69) is 5.32 Å². The fourth-order valence-electron chi connectivity index (χ4n) is 2.41. The molecule has 6 nitrogen and oxygen atoms in total. The lowest BCUT2D eigenvalue weighted by molar-refractivity contribution is -0.129. The highest BCUT2D eigenvalue weighted by Gasteiger charge is 2.28. The molecule has 2 amide bonds. The van der Waals surface area contributed by atoms with Crippen LogP contribution < -0.4 is 11.1 Å². The molecule has 0 aromatic heterocycles. The van der Waals surface area contributed by atoms with E-state index in [1.807, 2.05) is 0 Å². The molecule has 1 aliphatic heterocycles. The summed E-state index contributed by atoms with van der Waals surface area (Å²) >= 11 is 0. The van der Waals surface area contributed by atoms with Crippen LogP contribution in [-0.4, -0.2) is 48.3 Å². The maximum absolute atomic E-state index is 12.0. The van der Waals surface area contributed by atoms with E-state index in [4.69, 9.17) is 10.8 Å². The Morgan fingerprint density at radius 3 is 2.71 bits per heavy atom. The van der Waals surface area contributed by atoms with Crippen molar-refractivity contribution in [2.24, 2.45) is 5.73 Å². The average Bonchev–Trinajstić information content (AvgIpc) is 3.01. The topological polar surface area (TPSA) is 95.7 Å². The van der Waals surface area contributed by atoms with Gasteiger partial charge in [-0.2, -0.15) is 0 Å². The van der Waals surface area contributed by atoms with E-state index in [0.717, 1.165) is 25.9 Å². The van der Waals surface area contributed by atoms with E-state index in [9.17, 15) is 9.59 Å². The van der Waals surface area contributed by atoms with Crippen LogP contribution in [0.3, 0.4) is 0 Å². The first-order chi connectivity index (χ1) is 10.2.